The molecule has 0 aliphatic rings. The molecule has 1 nitrogen and oxygen atoms in total. The Morgan fingerprint density at radius 3 is 2.14 bits per heavy atom. The number of nitrogens with one attached hydrogen (secondary N) is 1. The van der Waals surface area contributed by atoms with E-state index < -0.39 is 0 Å². The highest BCUT2D eigenvalue weighted by atomic mass is 35.5. The molecule has 7 heavy (non-hydrogen) atoms. The van der Waals surface area contributed by atoms with E-state index in [9.17, 15) is 4.39 Å². The number of halogens is 2. The molecular weight excluding hydrogens is 117 g/mol. The Balaban J connectivity index is 0. The molecule has 46 valence electrons. The van der Waals surface area contributed by atoms with Gasteiger partial charge in [-0.2, -0.15) is 0 Å². The normalized spacial score (nSPS) is 12.4. The monoisotopic (exact) mass is 127 g/mol. The molecule has 0 heterocycles. The van der Waals surface area contributed by atoms with Crippen molar-refractivity contribution in [3.63, 3.8) is 0 Å². The number of hydrogen-bond acceptors (Lipinski definition) is 1. The lowest BCUT2D eigenvalue weighted by atomic mass is 10.4. The van der Waals surface area contributed by atoms with Gasteiger partial charge in [-0.25, -0.2) is 4.39 Å². The van der Waals surface area contributed by atoms with Crippen LogP contribution >= 0.6 is 12.4 Å². The van der Waals surface area contributed by atoms with Gasteiger partial charge in [-0.15, -0.1) is 12.4 Å². The molecule has 0 saturated carbocycles. The molecule has 1 N–H and O–H groups in total. The van der Waals surface area contributed by atoms with Crippen LogP contribution in [0.25, 0.3) is 0 Å². The fraction of sp³-hybridized carbons (Fsp3) is 1.00. The molecule has 1 atom stereocenters. The summed E-state index contributed by atoms with van der Waals surface area (Å²) in [7, 11) is 1.74. The summed E-state index contributed by atoms with van der Waals surface area (Å²) in [5.41, 5.74) is 0. The lowest BCUT2D eigenvalue weighted by molar-refractivity contribution is 0.410. The zero-order valence-electron chi connectivity index (χ0n) is 4.57. The zero-order valence-corrected chi connectivity index (χ0v) is 5.39. The highest BCUT2D eigenvalue weighted by molar-refractivity contribution is 5.85. The molecule has 0 rings (SSSR count). The smallest absolute Gasteiger partial charge is 0.104 e. The van der Waals surface area contributed by atoms with Crippen molar-refractivity contribution < 1.29 is 4.39 Å². The van der Waals surface area contributed by atoms with Gasteiger partial charge in [0.05, 0.1) is 0 Å². The molecule has 0 fully saturated rings. The highest BCUT2D eigenvalue weighted by Gasteiger charge is 1.90. The van der Waals surface area contributed by atoms with Crippen LogP contribution in [-0.2, 0) is 0 Å². The van der Waals surface area contributed by atoms with E-state index in [4.69, 9.17) is 0 Å². The van der Waals surface area contributed by atoms with Crippen molar-refractivity contribution in [1.29, 1.82) is 0 Å². The van der Waals surface area contributed by atoms with E-state index in [1.807, 2.05) is 0 Å². The maximum absolute atomic E-state index is 11.3. The van der Waals surface area contributed by atoms with Gasteiger partial charge in [0.15, 0.2) is 0 Å². The molecule has 0 spiro atoms. The van der Waals surface area contributed by atoms with Crippen LogP contribution in [0.1, 0.15) is 6.92 Å². The van der Waals surface area contributed by atoms with Crippen molar-refractivity contribution in [3.05, 3.63) is 0 Å². The zero-order chi connectivity index (χ0) is 4.99. The lowest BCUT2D eigenvalue weighted by Gasteiger charge is -1.99. The largest absolute Gasteiger partial charge is 0.315 e. The molecule has 0 aromatic heterocycles. The first-order chi connectivity index (χ1) is 2.81. The molecule has 0 radical (unpaired) electrons. The van der Waals surface area contributed by atoms with Crippen molar-refractivity contribution in [2.24, 2.45) is 0 Å². The SMILES string of the molecule is CN[C@@H](C)CF.Cl. The third-order valence-electron chi connectivity index (χ3n) is 0.724. The van der Waals surface area contributed by atoms with Crippen LogP contribution < -0.4 is 5.32 Å². The Kier molecular flexibility index (Phi) is 9.02. The van der Waals surface area contributed by atoms with Gasteiger partial charge in [-0.05, 0) is 14.0 Å². The first-order valence-electron chi connectivity index (χ1n) is 2.04. The van der Waals surface area contributed by atoms with E-state index in [1.165, 1.54) is 0 Å². The summed E-state index contributed by atoms with van der Waals surface area (Å²) in [6.45, 7) is 1.51. The second-order valence-electron chi connectivity index (χ2n) is 1.34. The molecule has 0 aliphatic heterocycles. The number of hydrogen-bond donors (Lipinski definition) is 1. The predicted octanol–water partition coefficient (Wildman–Crippen LogP) is 0.986. The van der Waals surface area contributed by atoms with Gasteiger partial charge in [0, 0.05) is 6.04 Å². The van der Waals surface area contributed by atoms with Gasteiger partial charge in [-0.3, -0.25) is 0 Å². The van der Waals surface area contributed by atoms with Crippen molar-refractivity contribution in [1.82, 2.24) is 5.32 Å². The van der Waals surface area contributed by atoms with Crippen LogP contribution in [0.3, 0.4) is 0 Å². The van der Waals surface area contributed by atoms with E-state index in [-0.39, 0.29) is 25.1 Å². The van der Waals surface area contributed by atoms with Crippen LogP contribution in [0.5, 0.6) is 0 Å². The summed E-state index contributed by atoms with van der Waals surface area (Å²) in [6.07, 6.45) is 0. The Morgan fingerprint density at radius 1 is 1.71 bits per heavy atom. The first-order valence-corrected chi connectivity index (χ1v) is 2.04. The Morgan fingerprint density at radius 2 is 2.14 bits per heavy atom. The minimum Gasteiger partial charge on any atom is -0.315 e. The molecule has 0 aromatic carbocycles. The number of alkyl halides is 1. The fourth-order valence-electron chi connectivity index (χ4n) is 0.0772. The van der Waals surface area contributed by atoms with Gasteiger partial charge in [-0.1, -0.05) is 0 Å². The van der Waals surface area contributed by atoms with Crippen LogP contribution in [-0.4, -0.2) is 19.8 Å². The summed E-state index contributed by atoms with van der Waals surface area (Å²) < 4.78 is 11.3. The van der Waals surface area contributed by atoms with Gasteiger partial charge in [0.2, 0.25) is 0 Å². The lowest BCUT2D eigenvalue weighted by Crippen LogP contribution is -2.22. The molecule has 0 saturated heterocycles. The van der Waals surface area contributed by atoms with Gasteiger partial charge >= 0.3 is 0 Å². The minimum absolute atomic E-state index is 0. The summed E-state index contributed by atoms with van der Waals surface area (Å²) in [4.78, 5) is 0. The molecule has 3 heteroatoms. The van der Waals surface area contributed by atoms with Crippen LogP contribution in [0.15, 0.2) is 0 Å². The van der Waals surface area contributed by atoms with E-state index in [2.05, 4.69) is 5.32 Å². The summed E-state index contributed by atoms with van der Waals surface area (Å²) in [5, 5.41) is 2.74. The van der Waals surface area contributed by atoms with Gasteiger partial charge < -0.3 is 5.32 Å². The second-order valence-corrected chi connectivity index (χ2v) is 1.34. The van der Waals surface area contributed by atoms with E-state index in [0.29, 0.717) is 0 Å². The quantitative estimate of drug-likeness (QED) is 0.583. The Bertz CT molecular complexity index is 30.9. The fourth-order valence-corrected chi connectivity index (χ4v) is 0.0772. The first kappa shape index (κ1) is 10.2. The molecular formula is C4H11ClFN. The van der Waals surface area contributed by atoms with Crippen molar-refractivity contribution in [2.45, 2.75) is 13.0 Å². The maximum Gasteiger partial charge on any atom is 0.104 e. The van der Waals surface area contributed by atoms with Crippen molar-refractivity contribution >= 4 is 12.4 Å². The van der Waals surface area contributed by atoms with Crippen molar-refractivity contribution in [3.8, 4) is 0 Å². The topological polar surface area (TPSA) is 12.0 Å². The van der Waals surface area contributed by atoms with E-state index >= 15 is 0 Å². The highest BCUT2D eigenvalue weighted by Crippen LogP contribution is 1.76. The standard InChI is InChI=1S/C4H10FN.ClH/c1-4(3-5)6-2;/h4,6H,3H2,1-2H3;1H/t4-;/m0./s1. The van der Waals surface area contributed by atoms with Crippen LogP contribution in [0.4, 0.5) is 4.39 Å². The molecule has 0 aliphatic carbocycles. The van der Waals surface area contributed by atoms with Gasteiger partial charge in [0.1, 0.15) is 6.67 Å². The summed E-state index contributed by atoms with van der Waals surface area (Å²) >= 11 is 0. The molecule has 0 aromatic rings. The van der Waals surface area contributed by atoms with Crippen molar-refractivity contribution in [2.75, 3.05) is 13.7 Å². The third kappa shape index (κ3) is 6.18. The van der Waals surface area contributed by atoms with Gasteiger partial charge in [0.25, 0.3) is 0 Å². The molecule has 0 amide bonds. The average molecular weight is 128 g/mol. The van der Waals surface area contributed by atoms with E-state index in [1.54, 1.807) is 14.0 Å². The van der Waals surface area contributed by atoms with Crippen LogP contribution in [0.2, 0.25) is 0 Å². The summed E-state index contributed by atoms with van der Waals surface area (Å²) in [5.74, 6) is 0. The number of rotatable bonds is 2. The molecule has 0 bridgehead atoms. The Hall–Kier alpha value is 0.180. The van der Waals surface area contributed by atoms with Crippen LogP contribution in [0, 0.1) is 0 Å². The van der Waals surface area contributed by atoms with E-state index in [0.717, 1.165) is 0 Å². The Labute approximate surface area is 49.7 Å². The predicted molar refractivity (Wildman–Crippen MR) is 31.7 cm³/mol. The maximum atomic E-state index is 11.3. The average Bonchev–Trinajstić information content (AvgIpc) is 1.65. The molecule has 0 unspecified atom stereocenters. The summed E-state index contributed by atoms with van der Waals surface area (Å²) in [6, 6.07) is 0.0185. The third-order valence-corrected chi connectivity index (χ3v) is 0.724. The second kappa shape index (κ2) is 6.18. The minimum atomic E-state index is -0.281.